The van der Waals surface area contributed by atoms with Crippen molar-refractivity contribution in [3.8, 4) is 0 Å². The summed E-state index contributed by atoms with van der Waals surface area (Å²) in [5.41, 5.74) is 10.2. The minimum Gasteiger partial charge on any atom is -0.365 e. The van der Waals surface area contributed by atoms with Crippen LogP contribution in [0.2, 0.25) is 0 Å². The summed E-state index contributed by atoms with van der Waals surface area (Å²) in [5.74, 6) is -1.49. The lowest BCUT2D eigenvalue weighted by Gasteiger charge is -2.36. The van der Waals surface area contributed by atoms with Gasteiger partial charge in [-0.25, -0.2) is 0 Å². The zero-order valence-electron chi connectivity index (χ0n) is 10.1. The monoisotopic (exact) mass is 274 g/mol. The zero-order chi connectivity index (χ0) is 13.7. The van der Waals surface area contributed by atoms with Gasteiger partial charge in [0.25, 0.3) is 11.8 Å². The molecular formula is C10H14N2O7. The van der Waals surface area contributed by atoms with Crippen LogP contribution in [0.4, 0.5) is 0 Å². The lowest BCUT2D eigenvalue weighted by Crippen LogP contribution is -2.54. The van der Waals surface area contributed by atoms with E-state index in [-0.39, 0.29) is 0 Å². The number of hydrogen-bond acceptors (Lipinski definition) is 7. The van der Waals surface area contributed by atoms with Crippen molar-refractivity contribution in [3.63, 3.8) is 0 Å². The van der Waals surface area contributed by atoms with Gasteiger partial charge in [0.15, 0.2) is 6.29 Å². The highest BCUT2D eigenvalue weighted by molar-refractivity contribution is 5.78. The minimum absolute atomic E-state index is 0.416. The zero-order valence-corrected chi connectivity index (χ0v) is 10.1. The van der Waals surface area contributed by atoms with E-state index in [2.05, 4.69) is 0 Å². The Kier molecular flexibility index (Phi) is 2.95. The summed E-state index contributed by atoms with van der Waals surface area (Å²) < 4.78 is 26.8. The summed E-state index contributed by atoms with van der Waals surface area (Å²) in [5, 5.41) is 0. The van der Waals surface area contributed by atoms with Crippen LogP contribution in [-0.2, 0) is 33.3 Å². The number of primary amides is 2. The summed E-state index contributed by atoms with van der Waals surface area (Å²) in [6.45, 7) is 1.72. The van der Waals surface area contributed by atoms with Crippen LogP contribution in [0.1, 0.15) is 6.92 Å². The lowest BCUT2D eigenvalue weighted by atomic mass is 10.1. The fourth-order valence-electron chi connectivity index (χ4n) is 2.45. The Bertz CT molecular complexity index is 417. The van der Waals surface area contributed by atoms with Gasteiger partial charge >= 0.3 is 0 Å². The fraction of sp³-hybridized carbons (Fsp3) is 0.800. The second-order valence-electron chi connectivity index (χ2n) is 4.62. The summed E-state index contributed by atoms with van der Waals surface area (Å²) in [4.78, 5) is 22.1. The molecule has 7 atom stereocenters. The van der Waals surface area contributed by atoms with E-state index in [1.54, 1.807) is 6.92 Å². The lowest BCUT2D eigenvalue weighted by molar-refractivity contribution is -0.280. The Morgan fingerprint density at radius 3 is 2.00 bits per heavy atom. The molecule has 9 nitrogen and oxygen atoms in total. The molecule has 2 amide bonds. The van der Waals surface area contributed by atoms with Crippen LogP contribution in [-0.4, -0.2) is 55.1 Å². The van der Waals surface area contributed by atoms with E-state index in [0.29, 0.717) is 0 Å². The molecule has 0 aromatic heterocycles. The first-order chi connectivity index (χ1) is 8.97. The third-order valence-corrected chi connectivity index (χ3v) is 3.29. The Morgan fingerprint density at radius 2 is 1.37 bits per heavy atom. The first-order valence-electron chi connectivity index (χ1n) is 5.83. The van der Waals surface area contributed by atoms with Crippen LogP contribution in [0.15, 0.2) is 0 Å². The SMILES string of the molecule is CC1OC(C(N)=O)OC2C1OC1OC(C(N)=O)OC12. The molecule has 3 rings (SSSR count). The van der Waals surface area contributed by atoms with E-state index >= 15 is 0 Å². The van der Waals surface area contributed by atoms with Crippen LogP contribution in [0, 0.1) is 0 Å². The number of nitrogens with two attached hydrogens (primary N) is 2. The highest BCUT2D eigenvalue weighted by Gasteiger charge is 2.58. The van der Waals surface area contributed by atoms with Crippen molar-refractivity contribution in [2.75, 3.05) is 0 Å². The predicted octanol–water partition coefficient (Wildman–Crippen LogP) is -2.45. The smallest absolute Gasteiger partial charge is 0.274 e. The molecule has 7 unspecified atom stereocenters. The maximum Gasteiger partial charge on any atom is 0.274 e. The van der Waals surface area contributed by atoms with Gasteiger partial charge in [0.2, 0.25) is 12.6 Å². The average molecular weight is 274 g/mol. The molecule has 3 aliphatic heterocycles. The van der Waals surface area contributed by atoms with Gasteiger partial charge in [-0.15, -0.1) is 0 Å². The van der Waals surface area contributed by atoms with E-state index < -0.39 is 55.1 Å². The van der Waals surface area contributed by atoms with Crippen LogP contribution in [0.5, 0.6) is 0 Å². The first-order valence-corrected chi connectivity index (χ1v) is 5.83. The van der Waals surface area contributed by atoms with Gasteiger partial charge in [-0.3, -0.25) is 9.59 Å². The third kappa shape index (κ3) is 1.99. The maximum absolute atomic E-state index is 11.1. The molecule has 19 heavy (non-hydrogen) atoms. The minimum atomic E-state index is -1.18. The van der Waals surface area contributed by atoms with Gasteiger partial charge in [0, 0.05) is 0 Å². The molecular weight excluding hydrogens is 260 g/mol. The van der Waals surface area contributed by atoms with E-state index in [0.717, 1.165) is 0 Å². The van der Waals surface area contributed by atoms with Gasteiger partial charge in [0.05, 0.1) is 6.10 Å². The molecule has 4 N–H and O–H groups in total. The molecule has 0 bridgehead atoms. The Hall–Kier alpha value is -1.26. The molecule has 0 aliphatic carbocycles. The van der Waals surface area contributed by atoms with Crippen molar-refractivity contribution in [2.45, 2.75) is 50.2 Å². The van der Waals surface area contributed by atoms with Gasteiger partial charge in [0.1, 0.15) is 18.3 Å². The van der Waals surface area contributed by atoms with Crippen molar-refractivity contribution >= 4 is 11.8 Å². The summed E-state index contributed by atoms with van der Waals surface area (Å²) in [6.07, 6.45) is -5.24. The van der Waals surface area contributed by atoms with Gasteiger partial charge in [-0.05, 0) is 6.92 Å². The molecule has 0 aromatic rings. The molecule has 3 aliphatic rings. The van der Waals surface area contributed by atoms with Crippen molar-refractivity contribution < 1.29 is 33.3 Å². The second kappa shape index (κ2) is 4.39. The molecule has 0 radical (unpaired) electrons. The summed E-state index contributed by atoms with van der Waals surface area (Å²) >= 11 is 0. The second-order valence-corrected chi connectivity index (χ2v) is 4.62. The normalized spacial score (nSPS) is 48.6. The Balaban J connectivity index is 1.76. The van der Waals surface area contributed by atoms with Crippen molar-refractivity contribution in [1.82, 2.24) is 0 Å². The summed E-state index contributed by atoms with van der Waals surface area (Å²) in [7, 11) is 0. The molecule has 9 heteroatoms. The molecule has 0 saturated carbocycles. The highest BCUT2D eigenvalue weighted by atomic mass is 16.8. The number of amides is 2. The van der Waals surface area contributed by atoms with Crippen LogP contribution in [0.3, 0.4) is 0 Å². The van der Waals surface area contributed by atoms with E-state index in [9.17, 15) is 9.59 Å². The maximum atomic E-state index is 11.1. The number of ether oxygens (including phenoxy) is 5. The van der Waals surface area contributed by atoms with Crippen molar-refractivity contribution in [3.05, 3.63) is 0 Å². The van der Waals surface area contributed by atoms with E-state index in [4.69, 9.17) is 35.2 Å². The average Bonchev–Trinajstić information content (AvgIpc) is 2.87. The quantitative estimate of drug-likeness (QED) is 0.571. The Morgan fingerprint density at radius 1 is 0.789 bits per heavy atom. The summed E-state index contributed by atoms with van der Waals surface area (Å²) in [6, 6.07) is 0. The number of carbonyl (C=O) groups is 2. The van der Waals surface area contributed by atoms with E-state index in [1.807, 2.05) is 0 Å². The first kappa shape index (κ1) is 12.8. The topological polar surface area (TPSA) is 132 Å². The molecule has 3 fully saturated rings. The van der Waals surface area contributed by atoms with Gasteiger partial charge in [-0.1, -0.05) is 0 Å². The number of rotatable bonds is 2. The standard InChI is InChI=1S/C10H14N2O7/c1-2-3-4(17-9(15-2)6(11)13)5-8(16-3)19-10(18-5)7(12)14/h2-5,8-10H,1H3,(H2,11,13)(H2,12,14). The molecule has 106 valence electrons. The molecule has 3 heterocycles. The van der Waals surface area contributed by atoms with Gasteiger partial charge < -0.3 is 35.2 Å². The van der Waals surface area contributed by atoms with Crippen molar-refractivity contribution in [1.29, 1.82) is 0 Å². The van der Waals surface area contributed by atoms with Crippen LogP contribution in [0.25, 0.3) is 0 Å². The largest absolute Gasteiger partial charge is 0.365 e. The third-order valence-electron chi connectivity index (χ3n) is 3.29. The van der Waals surface area contributed by atoms with Crippen LogP contribution < -0.4 is 11.5 Å². The number of carbonyl (C=O) groups excluding carboxylic acids is 2. The number of hydrogen-bond donors (Lipinski definition) is 2. The Labute approximate surface area is 108 Å². The van der Waals surface area contributed by atoms with Gasteiger partial charge in [-0.2, -0.15) is 0 Å². The molecule has 0 spiro atoms. The fourth-order valence-corrected chi connectivity index (χ4v) is 2.45. The van der Waals surface area contributed by atoms with Crippen molar-refractivity contribution in [2.24, 2.45) is 11.5 Å². The predicted molar refractivity (Wildman–Crippen MR) is 56.0 cm³/mol. The molecule has 0 aromatic carbocycles. The number of fused-ring (bicyclic) bond motifs is 3. The molecule has 3 saturated heterocycles. The van der Waals surface area contributed by atoms with Crippen LogP contribution >= 0.6 is 0 Å². The van der Waals surface area contributed by atoms with E-state index in [1.165, 1.54) is 0 Å². The highest BCUT2D eigenvalue weighted by Crippen LogP contribution is 2.39.